The third kappa shape index (κ3) is 5.99. The minimum atomic E-state index is -0.541. The van der Waals surface area contributed by atoms with Crippen molar-refractivity contribution in [2.75, 3.05) is 29.9 Å². The maximum atomic E-state index is 12.9. The van der Waals surface area contributed by atoms with Gasteiger partial charge in [0, 0.05) is 31.4 Å². The number of aromatic nitrogens is 6. The van der Waals surface area contributed by atoms with Gasteiger partial charge in [0.15, 0.2) is 5.82 Å². The number of hydrogen-bond donors (Lipinski definition) is 1. The van der Waals surface area contributed by atoms with E-state index in [0.717, 1.165) is 29.1 Å². The molecule has 1 aromatic carbocycles. The lowest BCUT2D eigenvalue weighted by Gasteiger charge is -2.47. The first-order valence-corrected chi connectivity index (χ1v) is 14.9. The predicted molar refractivity (Wildman–Crippen MR) is 170 cm³/mol. The van der Waals surface area contributed by atoms with Crippen molar-refractivity contribution in [2.24, 2.45) is 7.05 Å². The van der Waals surface area contributed by atoms with Crippen LogP contribution in [0.5, 0.6) is 0 Å². The highest BCUT2D eigenvalue weighted by Crippen LogP contribution is 2.30. The Morgan fingerprint density at radius 1 is 1.07 bits per heavy atom. The van der Waals surface area contributed by atoms with Gasteiger partial charge in [0.05, 0.1) is 17.3 Å². The van der Waals surface area contributed by atoms with E-state index in [2.05, 4.69) is 76.3 Å². The molecule has 4 aromatic heterocycles. The average molecular weight is 595 g/mol. The van der Waals surface area contributed by atoms with Crippen LogP contribution >= 0.6 is 0 Å². The molecule has 0 radical (unpaired) electrons. The molecule has 0 bridgehead atoms. The van der Waals surface area contributed by atoms with E-state index in [0.29, 0.717) is 31.0 Å². The molecule has 1 N–H and O–H groups in total. The second-order valence-corrected chi connectivity index (χ2v) is 13.1. The van der Waals surface area contributed by atoms with Crippen LogP contribution in [0.1, 0.15) is 51.3 Å². The second-order valence-electron chi connectivity index (χ2n) is 13.1. The summed E-state index contributed by atoms with van der Waals surface area (Å²) in [6, 6.07) is 14.6. The molecule has 1 aliphatic rings. The molecule has 0 saturated carbocycles. The fraction of sp³-hybridized carbons (Fsp3) is 0.394. The molecule has 1 aliphatic heterocycles. The summed E-state index contributed by atoms with van der Waals surface area (Å²) in [5.74, 6) is 1.47. The number of nitrogens with one attached hydrogen (secondary N) is 1. The van der Waals surface area contributed by atoms with Crippen LogP contribution < -0.4 is 14.9 Å². The van der Waals surface area contributed by atoms with Crippen LogP contribution in [-0.4, -0.2) is 66.2 Å². The highest BCUT2D eigenvalue weighted by atomic mass is 16.6. The van der Waals surface area contributed by atoms with Crippen molar-refractivity contribution in [3.8, 4) is 0 Å². The molecule has 0 atom stereocenters. The molecule has 11 heteroatoms. The zero-order chi connectivity index (χ0) is 31.2. The molecule has 228 valence electrons. The largest absolute Gasteiger partial charge is 0.444 e. The number of pyridine rings is 2. The molecule has 6 rings (SSSR count). The summed E-state index contributed by atoms with van der Waals surface area (Å²) in [6.07, 6.45) is 5.95. The van der Waals surface area contributed by atoms with Crippen LogP contribution in [0.2, 0.25) is 0 Å². The second kappa shape index (κ2) is 11.0. The summed E-state index contributed by atoms with van der Waals surface area (Å²) >= 11 is 0. The molecule has 1 saturated heterocycles. The number of ether oxygens (including phenoxy) is 1. The van der Waals surface area contributed by atoms with Gasteiger partial charge >= 0.3 is 12.4 Å². The molecule has 1 fully saturated rings. The lowest BCUT2D eigenvalue weighted by molar-refractivity contribution is -0.739. The number of fused-ring (bicyclic) bond motifs is 2. The van der Waals surface area contributed by atoms with Gasteiger partial charge in [0.25, 0.3) is 5.65 Å². The van der Waals surface area contributed by atoms with E-state index in [4.69, 9.17) is 9.72 Å². The van der Waals surface area contributed by atoms with Gasteiger partial charge in [-0.15, -0.1) is 4.52 Å². The van der Waals surface area contributed by atoms with E-state index in [1.165, 1.54) is 16.7 Å². The van der Waals surface area contributed by atoms with Gasteiger partial charge in [-0.2, -0.15) is 4.68 Å². The quantitative estimate of drug-likeness (QED) is 0.284. The van der Waals surface area contributed by atoms with Crippen LogP contribution in [0.25, 0.3) is 16.7 Å². The van der Waals surface area contributed by atoms with Crippen molar-refractivity contribution >= 4 is 40.1 Å². The van der Waals surface area contributed by atoms with Crippen molar-refractivity contribution in [1.82, 2.24) is 29.4 Å². The molecule has 0 spiro atoms. The Morgan fingerprint density at radius 2 is 1.89 bits per heavy atom. The molecule has 5 heterocycles. The Bertz CT molecular complexity index is 1860. The third-order valence-electron chi connectivity index (χ3n) is 7.98. The lowest BCUT2D eigenvalue weighted by Crippen LogP contribution is -2.62. The summed E-state index contributed by atoms with van der Waals surface area (Å²) in [5, 5.41) is 3.48. The van der Waals surface area contributed by atoms with Gasteiger partial charge in [-0.25, -0.2) is 19.7 Å². The summed E-state index contributed by atoms with van der Waals surface area (Å²) in [4.78, 5) is 35.4. The van der Waals surface area contributed by atoms with Crippen molar-refractivity contribution in [3.63, 3.8) is 0 Å². The van der Waals surface area contributed by atoms with Crippen molar-refractivity contribution in [3.05, 3.63) is 78.0 Å². The SMILES string of the molecule is Cc1cc(Nc2ncnc3ccc(N4CCN(C(=O)OC(C)(C)C)C(C)(C)C4)nc23)ccc1Cc1ccn2c(c1)nc[n+]2C. The number of hydrogen-bond acceptors (Lipinski definition) is 8. The summed E-state index contributed by atoms with van der Waals surface area (Å²) < 4.78 is 9.63. The number of aryl methyl sites for hydroxylation is 2. The van der Waals surface area contributed by atoms with Gasteiger partial charge in [0.2, 0.25) is 0 Å². The standard InChI is InChI=1S/C33H40N9O2/c1-22-16-25(9-8-24(22)17-23-12-13-42-28(18-23)36-21-39(42)7)37-30-29-26(34-20-35-30)10-11-27(38-29)40-14-15-41(33(5,6)19-40)31(43)44-32(2,3)4/h8-13,16,18,20-21H,14-15,17,19H2,1-7H3,(H,34,35,37)/q+1. The Kier molecular flexibility index (Phi) is 7.35. The van der Waals surface area contributed by atoms with Gasteiger partial charge < -0.3 is 15.0 Å². The average Bonchev–Trinajstić information content (AvgIpc) is 3.32. The monoisotopic (exact) mass is 594 g/mol. The molecule has 1 amide bonds. The molecular formula is C33H40N9O2+. The van der Waals surface area contributed by atoms with E-state index in [1.54, 1.807) is 6.33 Å². The number of rotatable bonds is 5. The van der Waals surface area contributed by atoms with E-state index < -0.39 is 11.1 Å². The maximum absolute atomic E-state index is 12.9. The smallest absolute Gasteiger partial charge is 0.410 e. The van der Waals surface area contributed by atoms with Crippen LogP contribution in [0, 0.1) is 6.92 Å². The number of nitrogens with zero attached hydrogens (tertiary/aromatic N) is 8. The van der Waals surface area contributed by atoms with Crippen molar-refractivity contribution in [1.29, 1.82) is 0 Å². The Morgan fingerprint density at radius 3 is 2.64 bits per heavy atom. The molecule has 5 aromatic rings. The van der Waals surface area contributed by atoms with Gasteiger partial charge in [0.1, 0.15) is 30.3 Å². The normalized spacial score (nSPS) is 15.2. The van der Waals surface area contributed by atoms with E-state index >= 15 is 0 Å². The van der Waals surface area contributed by atoms with Crippen LogP contribution in [0.4, 0.5) is 22.1 Å². The summed E-state index contributed by atoms with van der Waals surface area (Å²) in [5.41, 5.74) is 5.97. The fourth-order valence-corrected chi connectivity index (χ4v) is 5.73. The molecule has 0 aliphatic carbocycles. The molecule has 44 heavy (non-hydrogen) atoms. The maximum Gasteiger partial charge on any atom is 0.410 e. The number of carbonyl (C=O) groups is 1. The van der Waals surface area contributed by atoms with Crippen LogP contribution in [0.3, 0.4) is 0 Å². The van der Waals surface area contributed by atoms with E-state index in [9.17, 15) is 4.79 Å². The Balaban J connectivity index is 1.20. The number of benzene rings is 1. The molecular weight excluding hydrogens is 554 g/mol. The predicted octanol–water partition coefficient (Wildman–Crippen LogP) is 4.98. The summed E-state index contributed by atoms with van der Waals surface area (Å²) in [7, 11) is 1.97. The van der Waals surface area contributed by atoms with Gasteiger partial charge in [-0.05, 0) is 100.0 Å². The van der Waals surface area contributed by atoms with E-state index in [-0.39, 0.29) is 6.09 Å². The first-order chi connectivity index (χ1) is 20.9. The Hall–Kier alpha value is -4.80. The third-order valence-corrected chi connectivity index (χ3v) is 7.98. The molecule has 11 nitrogen and oxygen atoms in total. The first-order valence-electron chi connectivity index (χ1n) is 14.9. The molecule has 0 unspecified atom stereocenters. The number of anilines is 3. The number of piperazine rings is 1. The minimum absolute atomic E-state index is 0.289. The summed E-state index contributed by atoms with van der Waals surface area (Å²) in [6.45, 7) is 13.7. The highest BCUT2D eigenvalue weighted by molar-refractivity contribution is 5.88. The minimum Gasteiger partial charge on any atom is -0.444 e. The number of carbonyl (C=O) groups excluding carboxylic acids is 1. The topological polar surface area (TPSA) is 105 Å². The van der Waals surface area contributed by atoms with Crippen molar-refractivity contribution in [2.45, 2.75) is 59.1 Å². The van der Waals surface area contributed by atoms with Gasteiger partial charge in [-0.1, -0.05) is 6.07 Å². The fourth-order valence-electron chi connectivity index (χ4n) is 5.73. The van der Waals surface area contributed by atoms with Crippen LogP contribution in [-0.2, 0) is 18.2 Å². The zero-order valence-electron chi connectivity index (χ0n) is 26.5. The number of amides is 1. The lowest BCUT2D eigenvalue weighted by atomic mass is 9.99. The first kappa shape index (κ1) is 29.3. The zero-order valence-corrected chi connectivity index (χ0v) is 26.5. The van der Waals surface area contributed by atoms with E-state index in [1.807, 2.05) is 66.6 Å². The van der Waals surface area contributed by atoms with Crippen LogP contribution in [0.15, 0.2) is 61.3 Å². The highest BCUT2D eigenvalue weighted by Gasteiger charge is 2.39. The Labute approximate surface area is 257 Å². The van der Waals surface area contributed by atoms with Crippen molar-refractivity contribution < 1.29 is 14.2 Å². The van der Waals surface area contributed by atoms with Gasteiger partial charge in [-0.3, -0.25) is 4.90 Å².